The van der Waals surface area contributed by atoms with Gasteiger partial charge in [0, 0.05) is 12.6 Å². The lowest BCUT2D eigenvalue weighted by atomic mass is 9.99. The Hall–Kier alpha value is -1.22. The zero-order valence-electron chi connectivity index (χ0n) is 12.5. The van der Waals surface area contributed by atoms with Gasteiger partial charge in [-0.05, 0) is 56.5 Å². The van der Waals surface area contributed by atoms with Gasteiger partial charge < -0.3 is 15.0 Å². The number of benzene rings is 1. The lowest BCUT2D eigenvalue weighted by molar-refractivity contribution is 0.158. The van der Waals surface area contributed by atoms with Crippen LogP contribution in [0.15, 0.2) is 18.2 Å². The third-order valence-corrected chi connectivity index (χ3v) is 4.57. The van der Waals surface area contributed by atoms with Crippen molar-refractivity contribution < 1.29 is 4.74 Å². The Bertz CT molecular complexity index is 441. The molecule has 1 saturated heterocycles. The highest BCUT2D eigenvalue weighted by Crippen LogP contribution is 2.29. The van der Waals surface area contributed by atoms with Crippen LogP contribution in [0, 0.1) is 0 Å². The second-order valence-electron chi connectivity index (χ2n) is 5.97. The van der Waals surface area contributed by atoms with Crippen molar-refractivity contribution in [2.24, 2.45) is 0 Å². The van der Waals surface area contributed by atoms with E-state index in [1.807, 2.05) is 0 Å². The number of hydrogen-bond donors (Lipinski definition) is 1. The van der Waals surface area contributed by atoms with E-state index in [0.29, 0.717) is 6.04 Å². The Morgan fingerprint density at radius 1 is 1.25 bits per heavy atom. The SMILES string of the molecule is CCC(Cc1ccc2c(c1)NCCO2)N1CCCCC1. The highest BCUT2D eigenvalue weighted by atomic mass is 16.5. The lowest BCUT2D eigenvalue weighted by Gasteiger charge is -2.34. The van der Waals surface area contributed by atoms with Crippen molar-refractivity contribution >= 4 is 5.69 Å². The van der Waals surface area contributed by atoms with E-state index in [1.54, 1.807) is 0 Å². The molecule has 1 unspecified atom stereocenters. The van der Waals surface area contributed by atoms with Crippen LogP contribution in [0.3, 0.4) is 0 Å². The van der Waals surface area contributed by atoms with E-state index in [4.69, 9.17) is 4.74 Å². The molecular weight excluding hydrogens is 248 g/mol. The number of rotatable bonds is 4. The van der Waals surface area contributed by atoms with Crippen LogP contribution in [-0.2, 0) is 6.42 Å². The van der Waals surface area contributed by atoms with Crippen molar-refractivity contribution in [2.45, 2.75) is 45.1 Å². The average Bonchev–Trinajstić information content (AvgIpc) is 2.53. The molecule has 0 amide bonds. The second-order valence-corrected chi connectivity index (χ2v) is 5.97. The molecule has 20 heavy (non-hydrogen) atoms. The number of piperidine rings is 1. The Morgan fingerprint density at radius 3 is 2.90 bits per heavy atom. The smallest absolute Gasteiger partial charge is 0.142 e. The summed E-state index contributed by atoms with van der Waals surface area (Å²) >= 11 is 0. The largest absolute Gasteiger partial charge is 0.490 e. The Morgan fingerprint density at radius 2 is 2.10 bits per heavy atom. The molecule has 110 valence electrons. The highest BCUT2D eigenvalue weighted by molar-refractivity contribution is 5.59. The van der Waals surface area contributed by atoms with Crippen LogP contribution in [0.2, 0.25) is 0 Å². The van der Waals surface area contributed by atoms with Crippen LogP contribution in [0.1, 0.15) is 38.2 Å². The van der Waals surface area contributed by atoms with Crippen LogP contribution in [-0.4, -0.2) is 37.2 Å². The molecule has 1 fully saturated rings. The molecular formula is C17H26N2O. The first-order valence-corrected chi connectivity index (χ1v) is 8.10. The minimum absolute atomic E-state index is 0.692. The first-order chi connectivity index (χ1) is 9.86. The third kappa shape index (κ3) is 3.09. The van der Waals surface area contributed by atoms with Crippen LogP contribution in [0.5, 0.6) is 5.75 Å². The average molecular weight is 274 g/mol. The predicted octanol–water partition coefficient (Wildman–Crippen LogP) is 3.30. The molecule has 0 spiro atoms. The quantitative estimate of drug-likeness (QED) is 0.911. The molecule has 0 aromatic heterocycles. The van der Waals surface area contributed by atoms with Crippen LogP contribution < -0.4 is 10.1 Å². The molecule has 0 aliphatic carbocycles. The minimum Gasteiger partial charge on any atom is -0.490 e. The summed E-state index contributed by atoms with van der Waals surface area (Å²) in [6.07, 6.45) is 6.55. The summed E-state index contributed by atoms with van der Waals surface area (Å²) in [5, 5.41) is 3.44. The van der Waals surface area contributed by atoms with Crippen LogP contribution >= 0.6 is 0 Å². The number of ether oxygens (including phenoxy) is 1. The maximum atomic E-state index is 5.65. The predicted molar refractivity (Wildman–Crippen MR) is 83.6 cm³/mol. The van der Waals surface area contributed by atoms with E-state index >= 15 is 0 Å². The van der Waals surface area contributed by atoms with E-state index in [1.165, 1.54) is 50.0 Å². The van der Waals surface area contributed by atoms with Gasteiger partial charge in [-0.3, -0.25) is 0 Å². The van der Waals surface area contributed by atoms with E-state index in [-0.39, 0.29) is 0 Å². The summed E-state index contributed by atoms with van der Waals surface area (Å²) in [5.41, 5.74) is 2.60. The van der Waals surface area contributed by atoms with Gasteiger partial charge in [0.05, 0.1) is 5.69 Å². The molecule has 1 aromatic rings. The molecule has 3 rings (SSSR count). The summed E-state index contributed by atoms with van der Waals surface area (Å²) in [6.45, 7) is 6.58. The van der Waals surface area contributed by atoms with E-state index in [0.717, 1.165) is 25.3 Å². The van der Waals surface area contributed by atoms with Gasteiger partial charge in [-0.2, -0.15) is 0 Å². The van der Waals surface area contributed by atoms with Gasteiger partial charge >= 0.3 is 0 Å². The van der Waals surface area contributed by atoms with Gasteiger partial charge in [-0.25, -0.2) is 0 Å². The minimum atomic E-state index is 0.692. The van der Waals surface area contributed by atoms with Gasteiger partial charge in [0.1, 0.15) is 12.4 Å². The zero-order valence-corrected chi connectivity index (χ0v) is 12.5. The van der Waals surface area contributed by atoms with Crippen molar-refractivity contribution in [3.05, 3.63) is 23.8 Å². The Kier molecular flexibility index (Phi) is 4.46. The van der Waals surface area contributed by atoms with Crippen molar-refractivity contribution in [3.63, 3.8) is 0 Å². The number of nitrogens with one attached hydrogen (secondary N) is 1. The van der Waals surface area contributed by atoms with Crippen LogP contribution in [0.25, 0.3) is 0 Å². The number of nitrogens with zero attached hydrogens (tertiary/aromatic N) is 1. The molecule has 2 heterocycles. The van der Waals surface area contributed by atoms with Crippen molar-refractivity contribution in [2.75, 3.05) is 31.6 Å². The number of likely N-dealkylation sites (tertiary alicyclic amines) is 1. The van der Waals surface area contributed by atoms with Crippen molar-refractivity contribution in [1.29, 1.82) is 0 Å². The second kappa shape index (κ2) is 6.49. The van der Waals surface area contributed by atoms with Gasteiger partial charge in [-0.1, -0.05) is 19.4 Å². The zero-order chi connectivity index (χ0) is 13.8. The standard InChI is InChI=1S/C17H26N2O/c1-2-15(19-9-4-3-5-10-19)12-14-6-7-17-16(13-14)18-8-11-20-17/h6-7,13,15,18H,2-5,8-12H2,1H3. The summed E-state index contributed by atoms with van der Waals surface area (Å²) in [5.74, 6) is 1.01. The number of fused-ring (bicyclic) bond motifs is 1. The van der Waals surface area contributed by atoms with Crippen molar-refractivity contribution in [1.82, 2.24) is 4.90 Å². The molecule has 0 saturated carbocycles. The fourth-order valence-corrected chi connectivity index (χ4v) is 3.40. The third-order valence-electron chi connectivity index (χ3n) is 4.57. The number of hydrogen-bond acceptors (Lipinski definition) is 3. The summed E-state index contributed by atoms with van der Waals surface area (Å²) in [6, 6.07) is 7.33. The molecule has 2 aliphatic rings. The first-order valence-electron chi connectivity index (χ1n) is 8.10. The van der Waals surface area contributed by atoms with Gasteiger partial charge in [0.25, 0.3) is 0 Å². The van der Waals surface area contributed by atoms with E-state index in [9.17, 15) is 0 Å². The van der Waals surface area contributed by atoms with Gasteiger partial charge in [-0.15, -0.1) is 0 Å². The van der Waals surface area contributed by atoms with Crippen LogP contribution in [0.4, 0.5) is 5.69 Å². The maximum Gasteiger partial charge on any atom is 0.142 e. The fraction of sp³-hybridized carbons (Fsp3) is 0.647. The monoisotopic (exact) mass is 274 g/mol. The highest BCUT2D eigenvalue weighted by Gasteiger charge is 2.20. The fourth-order valence-electron chi connectivity index (χ4n) is 3.40. The lowest BCUT2D eigenvalue weighted by Crippen LogP contribution is -2.40. The molecule has 0 radical (unpaired) electrons. The molecule has 3 nitrogen and oxygen atoms in total. The Balaban J connectivity index is 1.68. The van der Waals surface area contributed by atoms with Gasteiger partial charge in [0.2, 0.25) is 0 Å². The molecule has 2 aliphatic heterocycles. The van der Waals surface area contributed by atoms with E-state index < -0.39 is 0 Å². The maximum absolute atomic E-state index is 5.65. The molecule has 1 N–H and O–H groups in total. The number of anilines is 1. The topological polar surface area (TPSA) is 24.5 Å². The molecule has 3 heteroatoms. The van der Waals surface area contributed by atoms with E-state index in [2.05, 4.69) is 35.3 Å². The summed E-state index contributed by atoms with van der Waals surface area (Å²) < 4.78 is 5.65. The Labute approximate surface area is 122 Å². The summed E-state index contributed by atoms with van der Waals surface area (Å²) in [7, 11) is 0. The van der Waals surface area contributed by atoms with Crippen molar-refractivity contribution in [3.8, 4) is 5.75 Å². The molecule has 0 bridgehead atoms. The van der Waals surface area contributed by atoms with Gasteiger partial charge in [0.15, 0.2) is 0 Å². The molecule has 1 aromatic carbocycles. The first kappa shape index (κ1) is 13.7. The summed E-state index contributed by atoms with van der Waals surface area (Å²) in [4.78, 5) is 2.69. The molecule has 1 atom stereocenters. The normalized spacial score (nSPS) is 20.6.